The third-order valence-corrected chi connectivity index (χ3v) is 5.19. The normalized spacial score (nSPS) is 14.1. The highest BCUT2D eigenvalue weighted by Gasteiger charge is 2.24. The average Bonchev–Trinajstić information content (AvgIpc) is 2.93. The van der Waals surface area contributed by atoms with Crippen molar-refractivity contribution in [1.29, 1.82) is 0 Å². The van der Waals surface area contributed by atoms with E-state index in [9.17, 15) is 9.59 Å². The van der Waals surface area contributed by atoms with Crippen molar-refractivity contribution < 1.29 is 18.4 Å². The van der Waals surface area contributed by atoms with Crippen LogP contribution in [0.5, 0.6) is 0 Å². The van der Waals surface area contributed by atoms with Crippen LogP contribution in [0.25, 0.3) is 21.9 Å². The predicted octanol–water partition coefficient (Wildman–Crippen LogP) is 4.20. The molecule has 0 spiro atoms. The van der Waals surface area contributed by atoms with Crippen molar-refractivity contribution >= 4 is 50.5 Å². The molecular formula is C18H15IO5. The van der Waals surface area contributed by atoms with Crippen molar-refractivity contribution in [2.45, 2.75) is 32.6 Å². The van der Waals surface area contributed by atoms with Crippen LogP contribution in [0.3, 0.4) is 0 Å². The first-order valence-corrected chi connectivity index (χ1v) is 9.05. The number of carbonyl (C=O) groups excluding carboxylic acids is 1. The van der Waals surface area contributed by atoms with Crippen molar-refractivity contribution in [3.8, 4) is 0 Å². The molecule has 5 nitrogen and oxygen atoms in total. The lowest BCUT2D eigenvalue weighted by Crippen LogP contribution is -2.16. The van der Waals surface area contributed by atoms with Gasteiger partial charge in [0.2, 0.25) is 0 Å². The van der Waals surface area contributed by atoms with Crippen LogP contribution in [-0.2, 0) is 17.6 Å². The van der Waals surface area contributed by atoms with Gasteiger partial charge >= 0.3 is 11.6 Å². The lowest BCUT2D eigenvalue weighted by Gasteiger charge is -2.10. The highest BCUT2D eigenvalue weighted by molar-refractivity contribution is 14.1. The summed E-state index contributed by atoms with van der Waals surface area (Å²) in [7, 11) is 0. The van der Waals surface area contributed by atoms with E-state index < -0.39 is 11.6 Å². The molecule has 0 aliphatic heterocycles. The minimum atomic E-state index is -0.671. The van der Waals surface area contributed by atoms with E-state index in [0.717, 1.165) is 51.4 Å². The fourth-order valence-corrected chi connectivity index (χ4v) is 4.03. The molecule has 0 radical (unpaired) electrons. The first-order valence-electron chi connectivity index (χ1n) is 7.98. The van der Waals surface area contributed by atoms with Crippen LogP contribution >= 0.6 is 22.6 Å². The molecule has 0 saturated carbocycles. The standard InChI is InChI=1S/C18H15IO5/c1-2-22-17(20)11-7-10-15-9-5-3-4-6-13(9)23-14(15)8-12(19)16(10)24-18(11)21/h7-8H,2-6H2,1H3. The third kappa shape index (κ3) is 2.35. The molecule has 0 amide bonds. The summed E-state index contributed by atoms with van der Waals surface area (Å²) in [5.74, 6) is 0.348. The Morgan fingerprint density at radius 2 is 2.04 bits per heavy atom. The molecule has 1 aliphatic rings. The summed E-state index contributed by atoms with van der Waals surface area (Å²) in [5.41, 5.74) is 1.70. The van der Waals surface area contributed by atoms with Gasteiger partial charge in [-0.2, -0.15) is 0 Å². The van der Waals surface area contributed by atoms with Gasteiger partial charge in [-0.05, 0) is 60.9 Å². The van der Waals surface area contributed by atoms with Gasteiger partial charge in [0.05, 0.1) is 10.2 Å². The second-order valence-electron chi connectivity index (χ2n) is 5.85. The van der Waals surface area contributed by atoms with Gasteiger partial charge in [-0.3, -0.25) is 0 Å². The lowest BCUT2D eigenvalue weighted by atomic mass is 9.94. The van der Waals surface area contributed by atoms with Gasteiger partial charge < -0.3 is 13.6 Å². The number of ether oxygens (including phenoxy) is 1. The fraction of sp³-hybridized carbons (Fsp3) is 0.333. The van der Waals surface area contributed by atoms with E-state index in [4.69, 9.17) is 13.6 Å². The maximum atomic E-state index is 12.2. The maximum absolute atomic E-state index is 12.2. The van der Waals surface area contributed by atoms with E-state index in [-0.39, 0.29) is 12.2 Å². The molecule has 0 N–H and O–H groups in total. The fourth-order valence-electron chi connectivity index (χ4n) is 3.35. The van der Waals surface area contributed by atoms with Gasteiger partial charge in [0.15, 0.2) is 5.58 Å². The zero-order valence-electron chi connectivity index (χ0n) is 13.1. The molecule has 2 heterocycles. The molecule has 1 aliphatic carbocycles. The van der Waals surface area contributed by atoms with Gasteiger partial charge in [0, 0.05) is 22.8 Å². The summed E-state index contributed by atoms with van der Waals surface area (Å²) in [6, 6.07) is 3.48. The molecular weight excluding hydrogens is 423 g/mol. The van der Waals surface area contributed by atoms with E-state index in [1.807, 2.05) is 6.07 Å². The van der Waals surface area contributed by atoms with Crippen LogP contribution in [0.15, 0.2) is 25.8 Å². The second-order valence-corrected chi connectivity index (χ2v) is 7.02. The molecule has 0 unspecified atom stereocenters. The summed E-state index contributed by atoms with van der Waals surface area (Å²) in [6.45, 7) is 1.91. The average molecular weight is 438 g/mol. The zero-order chi connectivity index (χ0) is 16.8. The van der Waals surface area contributed by atoms with Crippen LogP contribution in [0.1, 0.15) is 41.4 Å². The number of hydrogen-bond donors (Lipinski definition) is 0. The van der Waals surface area contributed by atoms with Crippen LogP contribution in [-0.4, -0.2) is 12.6 Å². The van der Waals surface area contributed by atoms with Crippen molar-refractivity contribution in [2.24, 2.45) is 0 Å². The zero-order valence-corrected chi connectivity index (χ0v) is 15.3. The Bertz CT molecular complexity index is 1030. The third-order valence-electron chi connectivity index (χ3n) is 4.39. The number of rotatable bonds is 2. The number of esters is 1. The number of fused-ring (bicyclic) bond motifs is 5. The largest absolute Gasteiger partial charge is 0.462 e. The highest BCUT2D eigenvalue weighted by atomic mass is 127. The van der Waals surface area contributed by atoms with Crippen LogP contribution in [0, 0.1) is 3.57 Å². The number of furan rings is 1. The summed E-state index contributed by atoms with van der Waals surface area (Å²) >= 11 is 2.12. The number of carbonyl (C=O) groups is 1. The van der Waals surface area contributed by atoms with Gasteiger partial charge in [0.25, 0.3) is 0 Å². The molecule has 0 saturated heterocycles. The highest BCUT2D eigenvalue weighted by Crippen LogP contribution is 2.38. The maximum Gasteiger partial charge on any atom is 0.351 e. The van der Waals surface area contributed by atoms with Gasteiger partial charge in [-0.1, -0.05) is 0 Å². The van der Waals surface area contributed by atoms with E-state index in [2.05, 4.69) is 22.6 Å². The molecule has 124 valence electrons. The number of halogens is 1. The predicted molar refractivity (Wildman–Crippen MR) is 97.6 cm³/mol. The number of aryl methyl sites for hydroxylation is 2. The van der Waals surface area contributed by atoms with Crippen molar-refractivity contribution in [1.82, 2.24) is 0 Å². The molecule has 0 atom stereocenters. The quantitative estimate of drug-likeness (QED) is 0.341. The van der Waals surface area contributed by atoms with Crippen molar-refractivity contribution in [3.63, 3.8) is 0 Å². The Morgan fingerprint density at radius 1 is 1.25 bits per heavy atom. The van der Waals surface area contributed by atoms with Crippen LogP contribution in [0.2, 0.25) is 0 Å². The van der Waals surface area contributed by atoms with Crippen LogP contribution in [0.4, 0.5) is 0 Å². The summed E-state index contributed by atoms with van der Waals surface area (Å²) in [5, 5.41) is 1.70. The van der Waals surface area contributed by atoms with Gasteiger partial charge in [0.1, 0.15) is 16.9 Å². The van der Waals surface area contributed by atoms with Crippen molar-refractivity contribution in [2.75, 3.05) is 6.61 Å². The Balaban J connectivity index is 2.09. The summed E-state index contributed by atoms with van der Waals surface area (Å²) < 4.78 is 17.2. The Morgan fingerprint density at radius 3 is 2.83 bits per heavy atom. The van der Waals surface area contributed by atoms with Gasteiger partial charge in [-0.25, -0.2) is 9.59 Å². The molecule has 6 heteroatoms. The molecule has 4 rings (SSSR count). The summed E-state index contributed by atoms with van der Waals surface area (Å²) in [4.78, 5) is 24.2. The molecule has 24 heavy (non-hydrogen) atoms. The first-order chi connectivity index (χ1) is 11.6. The van der Waals surface area contributed by atoms with E-state index in [1.165, 1.54) is 5.56 Å². The lowest BCUT2D eigenvalue weighted by molar-refractivity contribution is 0.0522. The summed E-state index contributed by atoms with van der Waals surface area (Å²) in [6.07, 6.45) is 4.08. The monoisotopic (exact) mass is 438 g/mol. The van der Waals surface area contributed by atoms with Crippen molar-refractivity contribution in [3.05, 3.63) is 43.0 Å². The Hall–Kier alpha value is -1.83. The molecule has 0 bridgehead atoms. The van der Waals surface area contributed by atoms with E-state index in [0.29, 0.717) is 5.58 Å². The minimum Gasteiger partial charge on any atom is -0.462 e. The van der Waals surface area contributed by atoms with Gasteiger partial charge in [-0.15, -0.1) is 0 Å². The molecule has 2 aromatic heterocycles. The van der Waals surface area contributed by atoms with E-state index >= 15 is 0 Å². The number of benzene rings is 1. The number of hydrogen-bond acceptors (Lipinski definition) is 5. The Labute approximate surface area is 151 Å². The van der Waals surface area contributed by atoms with E-state index in [1.54, 1.807) is 13.0 Å². The smallest absolute Gasteiger partial charge is 0.351 e. The first kappa shape index (κ1) is 15.7. The minimum absolute atomic E-state index is 0.0709. The van der Waals surface area contributed by atoms with Crippen LogP contribution < -0.4 is 5.63 Å². The topological polar surface area (TPSA) is 69.7 Å². The molecule has 1 aromatic carbocycles. The SMILES string of the molecule is CCOC(=O)c1cc2c(oc1=O)c(I)cc1oc3c(c12)CCCC3. The second kappa shape index (κ2) is 5.91. The Kier molecular flexibility index (Phi) is 3.86. The molecule has 3 aromatic rings. The molecule has 0 fully saturated rings.